The zero-order valence-electron chi connectivity index (χ0n) is 5.31. The van der Waals surface area contributed by atoms with Gasteiger partial charge in [-0.15, -0.1) is 0 Å². The maximum Gasteiger partial charge on any atom is 0.186 e. The average molecular weight is 172 g/mol. The fourth-order valence-corrected chi connectivity index (χ4v) is 0.998. The van der Waals surface area contributed by atoms with Crippen LogP contribution >= 0.6 is 11.6 Å². The topological polar surface area (TPSA) is 41.6 Å². The van der Waals surface area contributed by atoms with Crippen molar-refractivity contribution in [3.05, 3.63) is 23.4 Å². The highest BCUT2D eigenvalue weighted by molar-refractivity contribution is 6.30. The van der Waals surface area contributed by atoms with Gasteiger partial charge in [0.1, 0.15) is 5.52 Å². The van der Waals surface area contributed by atoms with Crippen LogP contribution in [0.15, 0.2) is 12.4 Å². The van der Waals surface area contributed by atoms with Crippen LogP contribution in [-0.4, -0.2) is 15.2 Å². The fraction of sp³-hybridized carbons (Fsp3) is 0. The van der Waals surface area contributed by atoms with Gasteiger partial charge in [-0.05, 0) is 0 Å². The van der Waals surface area contributed by atoms with Crippen molar-refractivity contribution in [1.82, 2.24) is 15.2 Å². The first-order chi connectivity index (χ1) is 5.29. The number of pyridine rings is 1. The molecule has 5 heteroatoms. The van der Waals surface area contributed by atoms with E-state index in [9.17, 15) is 4.39 Å². The molecule has 2 heterocycles. The minimum absolute atomic E-state index is 0.137. The number of nitrogens with zero attached hydrogens (tertiary/aromatic N) is 2. The number of rotatable bonds is 0. The average Bonchev–Trinajstić information content (AvgIpc) is 2.45. The van der Waals surface area contributed by atoms with E-state index >= 15 is 0 Å². The molecule has 0 aliphatic heterocycles. The Balaban J connectivity index is 2.93. The van der Waals surface area contributed by atoms with Gasteiger partial charge in [-0.3, -0.25) is 5.10 Å². The summed E-state index contributed by atoms with van der Waals surface area (Å²) < 4.78 is 13.0. The first-order valence-electron chi connectivity index (χ1n) is 2.92. The van der Waals surface area contributed by atoms with Gasteiger partial charge in [0, 0.05) is 11.6 Å². The summed E-state index contributed by atoms with van der Waals surface area (Å²) in [4.78, 5) is 3.61. The molecule has 1 N–H and O–H groups in total. The molecule has 0 spiro atoms. The Hall–Kier alpha value is -1.16. The molecule has 3 nitrogen and oxygen atoms in total. The van der Waals surface area contributed by atoms with Gasteiger partial charge in [-0.2, -0.15) is 5.10 Å². The molecule has 0 aromatic carbocycles. The van der Waals surface area contributed by atoms with Gasteiger partial charge in [0.25, 0.3) is 0 Å². The highest BCUT2D eigenvalue weighted by Gasteiger charge is 2.06. The van der Waals surface area contributed by atoms with Gasteiger partial charge < -0.3 is 0 Å². The van der Waals surface area contributed by atoms with E-state index in [1.54, 1.807) is 0 Å². The van der Waals surface area contributed by atoms with Gasteiger partial charge >= 0.3 is 0 Å². The van der Waals surface area contributed by atoms with E-state index in [0.29, 0.717) is 10.9 Å². The Morgan fingerprint density at radius 2 is 2.27 bits per heavy atom. The fourth-order valence-electron chi connectivity index (χ4n) is 0.855. The maximum absolute atomic E-state index is 13.0. The van der Waals surface area contributed by atoms with Crippen molar-refractivity contribution in [1.29, 1.82) is 0 Å². The van der Waals surface area contributed by atoms with Crippen LogP contribution in [0.4, 0.5) is 4.39 Å². The maximum atomic E-state index is 13.0. The molecule has 0 aliphatic carbocycles. The lowest BCUT2D eigenvalue weighted by molar-refractivity contribution is 0.631. The van der Waals surface area contributed by atoms with Crippen LogP contribution in [0, 0.1) is 5.82 Å². The van der Waals surface area contributed by atoms with Gasteiger partial charge in [0.05, 0.1) is 6.20 Å². The van der Waals surface area contributed by atoms with Crippen molar-refractivity contribution in [2.24, 2.45) is 0 Å². The molecular weight excluding hydrogens is 169 g/mol. The Labute approximate surface area is 66.2 Å². The standard InChI is InChI=1S/C6H3ClFN3/c7-6-4(8)5-3(1-9-6)2-10-11-5/h1-2H,(H,10,11). The summed E-state index contributed by atoms with van der Waals surface area (Å²) in [5.74, 6) is -0.554. The first kappa shape index (κ1) is 6.54. The normalized spacial score (nSPS) is 10.7. The summed E-state index contributed by atoms with van der Waals surface area (Å²) in [6.45, 7) is 0. The molecule has 0 saturated carbocycles. The zero-order chi connectivity index (χ0) is 7.84. The quantitative estimate of drug-likeness (QED) is 0.614. The Morgan fingerprint density at radius 1 is 1.45 bits per heavy atom. The molecule has 2 aromatic rings. The van der Waals surface area contributed by atoms with E-state index in [0.717, 1.165) is 0 Å². The van der Waals surface area contributed by atoms with Crippen LogP contribution in [0.1, 0.15) is 0 Å². The number of H-pyrrole nitrogens is 1. The lowest BCUT2D eigenvalue weighted by atomic mass is 10.3. The van der Waals surface area contributed by atoms with Crippen LogP contribution in [0.3, 0.4) is 0 Å². The molecule has 0 radical (unpaired) electrons. The Morgan fingerprint density at radius 3 is 3.09 bits per heavy atom. The summed E-state index contributed by atoms with van der Waals surface area (Å²) >= 11 is 5.41. The second kappa shape index (κ2) is 2.17. The third-order valence-electron chi connectivity index (χ3n) is 1.39. The molecule has 0 atom stereocenters. The molecule has 0 saturated heterocycles. The molecule has 56 valence electrons. The van der Waals surface area contributed by atoms with Crippen LogP contribution in [0.2, 0.25) is 5.15 Å². The molecule has 0 amide bonds. The van der Waals surface area contributed by atoms with E-state index in [1.165, 1.54) is 12.4 Å². The van der Waals surface area contributed by atoms with Crippen molar-refractivity contribution in [3.63, 3.8) is 0 Å². The van der Waals surface area contributed by atoms with E-state index in [1.807, 2.05) is 0 Å². The van der Waals surface area contributed by atoms with Crippen LogP contribution < -0.4 is 0 Å². The highest BCUT2D eigenvalue weighted by Crippen LogP contribution is 2.18. The minimum Gasteiger partial charge on any atom is -0.275 e. The van der Waals surface area contributed by atoms with Gasteiger partial charge in [0.2, 0.25) is 0 Å². The first-order valence-corrected chi connectivity index (χ1v) is 3.30. The largest absolute Gasteiger partial charge is 0.275 e. The third-order valence-corrected chi connectivity index (χ3v) is 1.65. The summed E-state index contributed by atoms with van der Waals surface area (Å²) in [5.41, 5.74) is 0.296. The summed E-state index contributed by atoms with van der Waals surface area (Å²) in [5, 5.41) is 6.60. The SMILES string of the molecule is Fc1c(Cl)ncc2cn[nH]c12. The smallest absolute Gasteiger partial charge is 0.186 e. The number of aromatic nitrogens is 3. The number of hydrogen-bond donors (Lipinski definition) is 1. The van der Waals surface area contributed by atoms with Crippen molar-refractivity contribution < 1.29 is 4.39 Å². The van der Waals surface area contributed by atoms with Crippen LogP contribution in [-0.2, 0) is 0 Å². The van der Waals surface area contributed by atoms with E-state index in [2.05, 4.69) is 15.2 Å². The predicted octanol–water partition coefficient (Wildman–Crippen LogP) is 1.75. The second-order valence-electron chi connectivity index (χ2n) is 2.06. The monoisotopic (exact) mass is 171 g/mol. The Bertz CT molecular complexity index is 398. The minimum atomic E-state index is -0.554. The number of nitrogens with one attached hydrogen (secondary N) is 1. The van der Waals surface area contributed by atoms with E-state index < -0.39 is 5.82 Å². The predicted molar refractivity (Wildman–Crippen MR) is 38.9 cm³/mol. The van der Waals surface area contributed by atoms with E-state index in [4.69, 9.17) is 11.6 Å². The number of halogens is 2. The number of fused-ring (bicyclic) bond motifs is 1. The molecule has 0 aliphatic rings. The van der Waals surface area contributed by atoms with Crippen LogP contribution in [0.5, 0.6) is 0 Å². The molecule has 2 rings (SSSR count). The summed E-state index contributed by atoms with van der Waals surface area (Å²) in [6, 6.07) is 0. The number of hydrogen-bond acceptors (Lipinski definition) is 2. The van der Waals surface area contributed by atoms with E-state index in [-0.39, 0.29) is 5.15 Å². The molecule has 0 unspecified atom stereocenters. The Kier molecular flexibility index (Phi) is 1.29. The molecule has 11 heavy (non-hydrogen) atoms. The second-order valence-corrected chi connectivity index (χ2v) is 2.42. The van der Waals surface area contributed by atoms with Crippen molar-refractivity contribution >= 4 is 22.5 Å². The van der Waals surface area contributed by atoms with Gasteiger partial charge in [0.15, 0.2) is 11.0 Å². The van der Waals surface area contributed by atoms with Crippen LogP contribution in [0.25, 0.3) is 10.9 Å². The van der Waals surface area contributed by atoms with Crippen molar-refractivity contribution in [2.75, 3.05) is 0 Å². The van der Waals surface area contributed by atoms with Gasteiger partial charge in [-0.25, -0.2) is 9.37 Å². The zero-order valence-corrected chi connectivity index (χ0v) is 6.06. The number of aromatic amines is 1. The molecule has 2 aromatic heterocycles. The lowest BCUT2D eigenvalue weighted by Gasteiger charge is -1.91. The van der Waals surface area contributed by atoms with Crippen molar-refractivity contribution in [3.8, 4) is 0 Å². The summed E-state index contributed by atoms with van der Waals surface area (Å²) in [6.07, 6.45) is 2.95. The summed E-state index contributed by atoms with van der Waals surface area (Å²) in [7, 11) is 0. The molecule has 0 fully saturated rings. The van der Waals surface area contributed by atoms with Gasteiger partial charge in [-0.1, -0.05) is 11.6 Å². The highest BCUT2D eigenvalue weighted by atomic mass is 35.5. The molecule has 0 bridgehead atoms. The molecular formula is C6H3ClFN3. The van der Waals surface area contributed by atoms with Crippen molar-refractivity contribution in [2.45, 2.75) is 0 Å². The third kappa shape index (κ3) is 0.867. The lowest BCUT2D eigenvalue weighted by Crippen LogP contribution is -1.83.